The molecule has 1 aliphatic carbocycles. The number of fused-ring (bicyclic) bond motifs is 2. The van der Waals surface area contributed by atoms with Gasteiger partial charge in [-0.1, -0.05) is 30.3 Å². The van der Waals surface area contributed by atoms with Gasteiger partial charge in [-0.25, -0.2) is 9.18 Å². The van der Waals surface area contributed by atoms with E-state index in [1.54, 1.807) is 6.07 Å². The van der Waals surface area contributed by atoms with Gasteiger partial charge in [0.1, 0.15) is 18.5 Å². The molecule has 8 nitrogen and oxygen atoms in total. The van der Waals surface area contributed by atoms with Crippen molar-refractivity contribution in [2.45, 2.75) is 18.1 Å². The molecular formula is C24H24FN3O5. The molecule has 1 saturated heterocycles. The van der Waals surface area contributed by atoms with Gasteiger partial charge in [0, 0.05) is 49.1 Å². The van der Waals surface area contributed by atoms with Crippen LogP contribution in [0.4, 0.5) is 9.18 Å². The minimum absolute atomic E-state index is 0.0930. The van der Waals surface area contributed by atoms with E-state index in [2.05, 4.69) is 10.6 Å². The molecule has 3 amide bonds. The Bertz CT molecular complexity index is 1110. The van der Waals surface area contributed by atoms with Gasteiger partial charge in [0.25, 0.3) is 11.8 Å². The number of likely N-dealkylation sites (tertiary alicyclic amines) is 1. The average Bonchev–Trinajstić information content (AvgIpc) is 3.18. The first-order valence-electron chi connectivity index (χ1n) is 10.9. The van der Waals surface area contributed by atoms with Crippen molar-refractivity contribution in [1.29, 1.82) is 0 Å². The van der Waals surface area contributed by atoms with Gasteiger partial charge < -0.3 is 25.4 Å². The summed E-state index contributed by atoms with van der Waals surface area (Å²) in [5, 5.41) is 14.7. The van der Waals surface area contributed by atoms with E-state index in [4.69, 9.17) is 9.84 Å². The van der Waals surface area contributed by atoms with E-state index in [-0.39, 0.29) is 34.9 Å². The third kappa shape index (κ3) is 3.57. The summed E-state index contributed by atoms with van der Waals surface area (Å²) in [5.74, 6) is -0.717. The molecule has 0 aromatic heterocycles. The number of carbonyl (C=O) groups excluding carboxylic acids is 2. The molecule has 0 radical (unpaired) electrons. The Morgan fingerprint density at radius 2 is 1.82 bits per heavy atom. The molecule has 0 bridgehead atoms. The number of piperidine rings is 1. The topological polar surface area (TPSA) is 108 Å². The summed E-state index contributed by atoms with van der Waals surface area (Å²) in [4.78, 5) is 38.2. The zero-order valence-electron chi connectivity index (χ0n) is 18.0. The molecule has 1 saturated carbocycles. The maximum Gasteiger partial charge on any atom is 0.407 e. The van der Waals surface area contributed by atoms with Crippen molar-refractivity contribution < 1.29 is 28.6 Å². The van der Waals surface area contributed by atoms with Crippen LogP contribution in [0.5, 0.6) is 5.75 Å². The number of hydrogen-bond acceptors (Lipinski definition) is 4. The molecule has 2 aromatic carbocycles. The van der Waals surface area contributed by atoms with E-state index < -0.39 is 30.7 Å². The minimum atomic E-state index is -0.949. The van der Waals surface area contributed by atoms with Crippen molar-refractivity contribution >= 4 is 17.9 Å². The number of benzene rings is 2. The van der Waals surface area contributed by atoms with Crippen molar-refractivity contribution in [2.24, 2.45) is 11.8 Å². The third-order valence-electron chi connectivity index (χ3n) is 6.90. The second-order valence-electron chi connectivity index (χ2n) is 8.73. The molecule has 172 valence electrons. The number of nitrogens with zero attached hydrogens (tertiary/aromatic N) is 1. The molecular weight excluding hydrogens is 429 g/mol. The molecule has 2 aromatic rings. The summed E-state index contributed by atoms with van der Waals surface area (Å²) in [6.07, 6.45) is -1.75. The van der Waals surface area contributed by atoms with Gasteiger partial charge in [-0.2, -0.15) is 0 Å². The lowest BCUT2D eigenvalue weighted by Crippen LogP contribution is -2.36. The number of hydrogen-bond donors (Lipinski definition) is 3. The summed E-state index contributed by atoms with van der Waals surface area (Å²) >= 11 is 0. The highest BCUT2D eigenvalue weighted by Crippen LogP contribution is 2.47. The molecule has 4 atom stereocenters. The molecule has 9 heteroatoms. The summed E-state index contributed by atoms with van der Waals surface area (Å²) < 4.78 is 19.8. The zero-order chi connectivity index (χ0) is 23.3. The summed E-state index contributed by atoms with van der Waals surface area (Å²) in [5.41, 5.74) is 1.91. The van der Waals surface area contributed by atoms with E-state index in [0.717, 1.165) is 5.56 Å². The molecule has 2 unspecified atom stereocenters. The molecule has 3 aliphatic rings. The van der Waals surface area contributed by atoms with Crippen molar-refractivity contribution in [3.8, 4) is 5.75 Å². The Morgan fingerprint density at radius 1 is 1.12 bits per heavy atom. The minimum Gasteiger partial charge on any atom is -0.486 e. The Morgan fingerprint density at radius 3 is 2.42 bits per heavy atom. The van der Waals surface area contributed by atoms with Crippen molar-refractivity contribution in [3.63, 3.8) is 0 Å². The molecule has 0 spiro atoms. The molecule has 2 heterocycles. The van der Waals surface area contributed by atoms with Gasteiger partial charge in [0.15, 0.2) is 0 Å². The van der Waals surface area contributed by atoms with E-state index in [1.165, 1.54) is 18.0 Å². The van der Waals surface area contributed by atoms with Gasteiger partial charge in [0.05, 0.1) is 11.5 Å². The molecule has 2 aliphatic heterocycles. The highest BCUT2D eigenvalue weighted by Gasteiger charge is 2.57. The quantitative estimate of drug-likeness (QED) is 0.644. The molecule has 33 heavy (non-hydrogen) atoms. The fraction of sp³-hybridized carbons (Fsp3) is 0.375. The van der Waals surface area contributed by atoms with Gasteiger partial charge in [0.2, 0.25) is 0 Å². The Labute approximate surface area is 189 Å². The summed E-state index contributed by atoms with van der Waals surface area (Å²) in [7, 11) is 1.48. The van der Waals surface area contributed by atoms with Crippen LogP contribution in [0.15, 0.2) is 42.5 Å². The predicted octanol–water partition coefficient (Wildman–Crippen LogP) is 2.25. The molecule has 2 fully saturated rings. The first-order valence-corrected chi connectivity index (χ1v) is 10.9. The van der Waals surface area contributed by atoms with Crippen molar-refractivity contribution in [3.05, 3.63) is 64.7 Å². The lowest BCUT2D eigenvalue weighted by molar-refractivity contribution is 0.0943. The van der Waals surface area contributed by atoms with Crippen LogP contribution in [0.1, 0.15) is 37.8 Å². The van der Waals surface area contributed by atoms with E-state index in [9.17, 15) is 18.8 Å². The van der Waals surface area contributed by atoms with Crippen molar-refractivity contribution in [2.75, 3.05) is 26.8 Å². The second-order valence-corrected chi connectivity index (χ2v) is 8.73. The van der Waals surface area contributed by atoms with Gasteiger partial charge in [-0.05, 0) is 17.7 Å². The van der Waals surface area contributed by atoms with Crippen molar-refractivity contribution in [1.82, 2.24) is 15.5 Å². The van der Waals surface area contributed by atoms with Crippen LogP contribution in [-0.4, -0.2) is 66.9 Å². The number of ether oxygens (including phenoxy) is 1. The van der Waals surface area contributed by atoms with Crippen LogP contribution in [0.3, 0.4) is 0 Å². The third-order valence-corrected chi connectivity index (χ3v) is 6.90. The first-order chi connectivity index (χ1) is 15.9. The van der Waals surface area contributed by atoms with Gasteiger partial charge in [-0.3, -0.25) is 9.59 Å². The maximum atomic E-state index is 13.9. The molecule has 5 rings (SSSR count). The second kappa shape index (κ2) is 8.06. The smallest absolute Gasteiger partial charge is 0.407 e. The number of halogens is 1. The van der Waals surface area contributed by atoms with E-state index in [1.807, 2.05) is 30.3 Å². The average molecular weight is 453 g/mol. The molecule has 3 N–H and O–H groups in total. The Balaban J connectivity index is 1.46. The van der Waals surface area contributed by atoms with Crippen LogP contribution >= 0.6 is 0 Å². The van der Waals surface area contributed by atoms with E-state index in [0.29, 0.717) is 24.4 Å². The van der Waals surface area contributed by atoms with E-state index >= 15 is 0 Å². The normalized spacial score (nSPS) is 26.7. The number of amides is 3. The Hall–Kier alpha value is -3.62. The lowest BCUT2D eigenvalue weighted by Gasteiger charge is -2.17. The fourth-order valence-corrected chi connectivity index (χ4v) is 5.17. The standard InChI is InChI=1S/C24H24FN3O5/c1-26-23(30)15-8-13(22(29)27-20-16-10-28(24(31)32)11-17(16)20)7-14-19(12-5-3-2-4-6-12)18(9-25)33-21(14)15/h2-8,16-20H,9-11H2,1H3,(H,26,30)(H,27,29)(H,31,32)/t16?,17?,18-,19+,20?/m0/s1. The number of carboxylic acid groups (broad SMARTS) is 1. The number of nitrogens with one attached hydrogen (secondary N) is 2. The highest BCUT2D eigenvalue weighted by atomic mass is 19.1. The van der Waals surface area contributed by atoms with Crippen LogP contribution in [-0.2, 0) is 0 Å². The highest BCUT2D eigenvalue weighted by molar-refractivity contribution is 6.02. The van der Waals surface area contributed by atoms with Crippen LogP contribution in [0.2, 0.25) is 0 Å². The van der Waals surface area contributed by atoms with Crippen LogP contribution in [0.25, 0.3) is 0 Å². The monoisotopic (exact) mass is 453 g/mol. The summed E-state index contributed by atoms with van der Waals surface area (Å²) in [6.45, 7) is 0.0654. The SMILES string of the molecule is CNC(=O)c1cc(C(=O)NC2C3CN(C(=O)O)CC32)cc2c1O[C@@H](CF)[C@@H]2c1ccccc1. The lowest BCUT2D eigenvalue weighted by atomic mass is 9.86. The summed E-state index contributed by atoms with van der Waals surface area (Å²) in [6, 6.07) is 12.4. The first kappa shape index (κ1) is 21.2. The number of carbonyl (C=O) groups is 3. The Kier molecular flexibility index (Phi) is 5.19. The van der Waals surface area contributed by atoms with Gasteiger partial charge in [-0.15, -0.1) is 0 Å². The van der Waals surface area contributed by atoms with Crippen LogP contribution in [0, 0.1) is 11.8 Å². The largest absolute Gasteiger partial charge is 0.486 e. The predicted molar refractivity (Wildman–Crippen MR) is 116 cm³/mol. The maximum absolute atomic E-state index is 13.9. The van der Waals surface area contributed by atoms with Gasteiger partial charge >= 0.3 is 6.09 Å². The number of alkyl halides is 1. The fourth-order valence-electron chi connectivity index (χ4n) is 5.17. The zero-order valence-corrected chi connectivity index (χ0v) is 18.0. The van der Waals surface area contributed by atoms with Crippen LogP contribution < -0.4 is 15.4 Å². The number of rotatable bonds is 5.